The van der Waals surface area contributed by atoms with Gasteiger partial charge in [0.25, 0.3) is 5.91 Å². The van der Waals surface area contributed by atoms with E-state index in [4.69, 9.17) is 13.9 Å². The molecule has 0 saturated carbocycles. The van der Waals surface area contributed by atoms with E-state index >= 15 is 0 Å². The summed E-state index contributed by atoms with van der Waals surface area (Å²) in [7, 11) is -0.495. The maximum absolute atomic E-state index is 12.7. The van der Waals surface area contributed by atoms with Crippen LogP contribution in [0.5, 0.6) is 11.5 Å². The lowest BCUT2D eigenvalue weighted by molar-refractivity contribution is 0.102. The standard InChI is InChI=1S/C26H24N2O6S/c1-17-23(16-35(30,31)21-7-5-4-6-8-21)28-26(34-17)19-11-9-18(10-12-19)25(29)27-22-14-13-20(32-2)15-24(22)33-3/h4-15H,16H2,1-3H3,(H,27,29). The van der Waals surface area contributed by atoms with Gasteiger partial charge in [0.15, 0.2) is 9.84 Å². The van der Waals surface area contributed by atoms with Gasteiger partial charge >= 0.3 is 0 Å². The fraction of sp³-hybridized carbons (Fsp3) is 0.154. The molecule has 4 rings (SSSR count). The summed E-state index contributed by atoms with van der Waals surface area (Å²) in [6.45, 7) is 1.68. The largest absolute Gasteiger partial charge is 0.497 e. The van der Waals surface area contributed by atoms with Crippen LogP contribution in [0, 0.1) is 6.92 Å². The zero-order chi connectivity index (χ0) is 25.0. The molecule has 4 aromatic rings. The van der Waals surface area contributed by atoms with Crippen molar-refractivity contribution >= 4 is 21.4 Å². The van der Waals surface area contributed by atoms with E-state index in [1.807, 2.05) is 0 Å². The minimum Gasteiger partial charge on any atom is -0.497 e. The van der Waals surface area contributed by atoms with Crippen molar-refractivity contribution in [3.05, 3.63) is 89.8 Å². The van der Waals surface area contributed by atoms with Crippen molar-refractivity contribution in [2.75, 3.05) is 19.5 Å². The molecular formula is C26H24N2O6S. The molecule has 0 aliphatic rings. The molecule has 8 nitrogen and oxygen atoms in total. The Morgan fingerprint density at radius 3 is 2.34 bits per heavy atom. The maximum atomic E-state index is 12.7. The first-order chi connectivity index (χ1) is 16.8. The molecule has 0 aliphatic carbocycles. The Hall–Kier alpha value is -4.11. The van der Waals surface area contributed by atoms with Crippen LogP contribution in [-0.4, -0.2) is 33.5 Å². The zero-order valence-electron chi connectivity index (χ0n) is 19.4. The normalized spacial score (nSPS) is 11.2. The summed E-state index contributed by atoms with van der Waals surface area (Å²) in [5.74, 6) is 1.20. The molecule has 0 aliphatic heterocycles. The molecule has 1 amide bonds. The van der Waals surface area contributed by atoms with Gasteiger partial charge in [-0.2, -0.15) is 0 Å². The van der Waals surface area contributed by atoms with E-state index < -0.39 is 9.84 Å². The lowest BCUT2D eigenvalue weighted by Gasteiger charge is -2.11. The summed E-state index contributed by atoms with van der Waals surface area (Å²) in [5.41, 5.74) is 1.89. The molecule has 0 atom stereocenters. The number of methoxy groups -OCH3 is 2. The fourth-order valence-electron chi connectivity index (χ4n) is 3.44. The summed E-state index contributed by atoms with van der Waals surface area (Å²) in [6, 6.07) is 20.0. The van der Waals surface area contributed by atoms with Gasteiger partial charge in [0.2, 0.25) is 5.89 Å². The SMILES string of the molecule is COc1ccc(NC(=O)c2ccc(-c3nc(CS(=O)(=O)c4ccccc4)c(C)o3)cc2)c(OC)c1. The third kappa shape index (κ3) is 5.36. The van der Waals surface area contributed by atoms with Crippen molar-refractivity contribution in [3.63, 3.8) is 0 Å². The number of amides is 1. The molecule has 180 valence electrons. The van der Waals surface area contributed by atoms with Crippen molar-refractivity contribution in [2.24, 2.45) is 0 Å². The van der Waals surface area contributed by atoms with Crippen molar-refractivity contribution in [2.45, 2.75) is 17.6 Å². The van der Waals surface area contributed by atoms with Gasteiger partial charge in [0.05, 0.1) is 30.5 Å². The van der Waals surface area contributed by atoms with E-state index in [1.165, 1.54) is 7.11 Å². The number of carbonyl (C=O) groups excluding carboxylic acids is 1. The van der Waals surface area contributed by atoms with Gasteiger partial charge in [-0.05, 0) is 55.5 Å². The second-order valence-corrected chi connectivity index (χ2v) is 9.68. The van der Waals surface area contributed by atoms with Crippen LogP contribution in [-0.2, 0) is 15.6 Å². The zero-order valence-corrected chi connectivity index (χ0v) is 20.3. The molecule has 1 aromatic heterocycles. The molecule has 0 fully saturated rings. The van der Waals surface area contributed by atoms with Crippen LogP contribution in [0.15, 0.2) is 82.1 Å². The number of nitrogens with zero attached hydrogens (tertiary/aromatic N) is 1. The van der Waals surface area contributed by atoms with Gasteiger partial charge in [-0.1, -0.05) is 18.2 Å². The van der Waals surface area contributed by atoms with Crippen LogP contribution in [0.25, 0.3) is 11.5 Å². The molecule has 0 radical (unpaired) electrons. The van der Waals surface area contributed by atoms with Gasteiger partial charge < -0.3 is 19.2 Å². The van der Waals surface area contributed by atoms with Gasteiger partial charge in [-0.3, -0.25) is 4.79 Å². The smallest absolute Gasteiger partial charge is 0.255 e. The molecule has 0 unspecified atom stereocenters. The molecule has 35 heavy (non-hydrogen) atoms. The van der Waals surface area contributed by atoms with Crippen LogP contribution in [0.2, 0.25) is 0 Å². The van der Waals surface area contributed by atoms with Gasteiger partial charge in [-0.15, -0.1) is 0 Å². The highest BCUT2D eigenvalue weighted by Crippen LogP contribution is 2.30. The monoisotopic (exact) mass is 492 g/mol. The van der Waals surface area contributed by atoms with E-state index in [0.29, 0.717) is 39.8 Å². The number of hydrogen-bond donors (Lipinski definition) is 1. The first kappa shape index (κ1) is 24.0. The second-order valence-electron chi connectivity index (χ2n) is 7.69. The Labute approximate surface area is 203 Å². The summed E-state index contributed by atoms with van der Waals surface area (Å²) in [5, 5.41) is 2.82. The topological polar surface area (TPSA) is 108 Å². The summed E-state index contributed by atoms with van der Waals surface area (Å²) in [6.07, 6.45) is 0. The Morgan fingerprint density at radius 1 is 0.971 bits per heavy atom. The number of sulfone groups is 1. The summed E-state index contributed by atoms with van der Waals surface area (Å²) in [4.78, 5) is 17.4. The Bertz CT molecular complexity index is 1450. The summed E-state index contributed by atoms with van der Waals surface area (Å²) < 4.78 is 41.6. The number of carbonyl (C=O) groups is 1. The van der Waals surface area contributed by atoms with Gasteiger partial charge in [0, 0.05) is 17.2 Å². The maximum Gasteiger partial charge on any atom is 0.255 e. The van der Waals surface area contributed by atoms with E-state index in [9.17, 15) is 13.2 Å². The Morgan fingerprint density at radius 2 is 1.69 bits per heavy atom. The minimum atomic E-state index is -3.56. The molecule has 3 aromatic carbocycles. The Balaban J connectivity index is 1.50. The van der Waals surface area contributed by atoms with Crippen molar-refractivity contribution < 1.29 is 27.1 Å². The highest BCUT2D eigenvalue weighted by atomic mass is 32.2. The molecule has 0 bridgehead atoms. The average Bonchev–Trinajstić information content (AvgIpc) is 3.24. The number of rotatable bonds is 8. The second kappa shape index (κ2) is 10.0. The number of aromatic nitrogens is 1. The number of aryl methyl sites for hydroxylation is 1. The van der Waals surface area contributed by atoms with Crippen molar-refractivity contribution in [3.8, 4) is 23.0 Å². The molecule has 1 N–H and O–H groups in total. The molecular weight excluding hydrogens is 468 g/mol. The number of benzene rings is 3. The van der Waals surface area contributed by atoms with Gasteiger partial charge in [0.1, 0.15) is 23.0 Å². The molecule has 9 heteroatoms. The van der Waals surface area contributed by atoms with Crippen LogP contribution in [0.4, 0.5) is 5.69 Å². The van der Waals surface area contributed by atoms with E-state index in [1.54, 1.807) is 86.8 Å². The molecule has 1 heterocycles. The first-order valence-corrected chi connectivity index (χ1v) is 12.3. The first-order valence-electron chi connectivity index (χ1n) is 10.7. The third-order valence-electron chi connectivity index (χ3n) is 5.37. The van der Waals surface area contributed by atoms with E-state index in [-0.39, 0.29) is 22.4 Å². The van der Waals surface area contributed by atoms with Crippen LogP contribution < -0.4 is 14.8 Å². The number of ether oxygens (including phenoxy) is 2. The van der Waals surface area contributed by atoms with Crippen LogP contribution in [0.1, 0.15) is 21.8 Å². The minimum absolute atomic E-state index is 0.229. The fourth-order valence-corrected chi connectivity index (χ4v) is 4.80. The third-order valence-corrected chi connectivity index (χ3v) is 7.02. The number of hydrogen-bond acceptors (Lipinski definition) is 7. The van der Waals surface area contributed by atoms with Crippen LogP contribution >= 0.6 is 0 Å². The summed E-state index contributed by atoms with van der Waals surface area (Å²) >= 11 is 0. The quantitative estimate of drug-likeness (QED) is 0.373. The van der Waals surface area contributed by atoms with Gasteiger partial charge in [-0.25, -0.2) is 13.4 Å². The highest BCUT2D eigenvalue weighted by Gasteiger charge is 2.21. The average molecular weight is 493 g/mol. The van der Waals surface area contributed by atoms with Crippen molar-refractivity contribution in [1.29, 1.82) is 0 Å². The predicted octanol–water partition coefficient (Wildman–Crippen LogP) is 4.89. The van der Waals surface area contributed by atoms with E-state index in [2.05, 4.69) is 10.3 Å². The predicted molar refractivity (Wildman–Crippen MR) is 132 cm³/mol. The number of nitrogens with one attached hydrogen (secondary N) is 1. The molecule has 0 spiro atoms. The highest BCUT2D eigenvalue weighted by molar-refractivity contribution is 7.90. The lowest BCUT2D eigenvalue weighted by atomic mass is 10.1. The van der Waals surface area contributed by atoms with E-state index in [0.717, 1.165) is 0 Å². The number of oxazole rings is 1. The van der Waals surface area contributed by atoms with Crippen molar-refractivity contribution in [1.82, 2.24) is 4.98 Å². The lowest BCUT2D eigenvalue weighted by Crippen LogP contribution is -2.12. The number of anilines is 1. The Kier molecular flexibility index (Phi) is 6.88. The van der Waals surface area contributed by atoms with Crippen LogP contribution in [0.3, 0.4) is 0 Å². The molecule has 0 saturated heterocycles.